The summed E-state index contributed by atoms with van der Waals surface area (Å²) in [5, 5.41) is 8.43. The van der Waals surface area contributed by atoms with Crippen molar-refractivity contribution in [2.24, 2.45) is 0 Å². The Hall–Kier alpha value is -4.06. The molecule has 3 heterocycles. The van der Waals surface area contributed by atoms with Crippen LogP contribution in [0.25, 0.3) is 22.5 Å². The van der Waals surface area contributed by atoms with Gasteiger partial charge < -0.3 is 4.74 Å². The van der Waals surface area contributed by atoms with Crippen LogP contribution in [0.3, 0.4) is 0 Å². The summed E-state index contributed by atoms with van der Waals surface area (Å²) in [5.41, 5.74) is 4.53. The maximum Gasteiger partial charge on any atom is 0.415 e. The number of anilines is 1. The van der Waals surface area contributed by atoms with E-state index in [-0.39, 0.29) is 12.1 Å². The van der Waals surface area contributed by atoms with Crippen molar-refractivity contribution >= 4 is 11.8 Å². The molecule has 1 fully saturated rings. The molecule has 0 aliphatic carbocycles. The van der Waals surface area contributed by atoms with Crippen molar-refractivity contribution in [3.63, 3.8) is 0 Å². The van der Waals surface area contributed by atoms with Crippen molar-refractivity contribution in [3.8, 4) is 22.5 Å². The highest BCUT2D eigenvalue weighted by Gasteiger charge is 2.49. The van der Waals surface area contributed by atoms with Gasteiger partial charge in [0.15, 0.2) is 0 Å². The first-order chi connectivity index (χ1) is 15.5. The number of aromatic nitrogens is 3. The molecule has 1 aliphatic heterocycles. The topological polar surface area (TPSA) is 68.2 Å². The fourth-order valence-electron chi connectivity index (χ4n) is 4.16. The summed E-state index contributed by atoms with van der Waals surface area (Å²) in [5.74, 6) is 0. The summed E-state index contributed by atoms with van der Waals surface area (Å²) in [6, 6.07) is 25.2. The van der Waals surface area contributed by atoms with Gasteiger partial charge >= 0.3 is 6.09 Å². The van der Waals surface area contributed by atoms with Gasteiger partial charge in [-0.25, -0.2) is 4.79 Å². The molecule has 32 heavy (non-hydrogen) atoms. The van der Waals surface area contributed by atoms with Crippen LogP contribution in [0.5, 0.6) is 0 Å². The van der Waals surface area contributed by atoms with Crippen LogP contribution in [0.15, 0.2) is 91.3 Å². The Morgan fingerprint density at radius 2 is 1.62 bits per heavy atom. The van der Waals surface area contributed by atoms with Gasteiger partial charge in [0.2, 0.25) is 0 Å². The Balaban J connectivity index is 1.48. The van der Waals surface area contributed by atoms with Crippen molar-refractivity contribution < 1.29 is 9.53 Å². The lowest BCUT2D eigenvalue weighted by Gasteiger charge is -2.29. The van der Waals surface area contributed by atoms with Crippen LogP contribution in [0.4, 0.5) is 10.5 Å². The van der Waals surface area contributed by atoms with Gasteiger partial charge in [-0.3, -0.25) is 9.88 Å². The summed E-state index contributed by atoms with van der Waals surface area (Å²) in [6.45, 7) is 3.88. The molecule has 6 heteroatoms. The molecule has 6 nitrogen and oxygen atoms in total. The molecule has 0 bridgehead atoms. The molecule has 2 aromatic heterocycles. The van der Waals surface area contributed by atoms with Crippen LogP contribution >= 0.6 is 0 Å². The molecule has 4 aromatic rings. The third-order valence-corrected chi connectivity index (χ3v) is 5.64. The molecule has 1 saturated heterocycles. The first-order valence-electron chi connectivity index (χ1n) is 10.4. The van der Waals surface area contributed by atoms with Crippen LogP contribution in [-0.4, -0.2) is 26.9 Å². The van der Waals surface area contributed by atoms with E-state index in [2.05, 4.69) is 15.2 Å². The second kappa shape index (κ2) is 7.89. The fourth-order valence-corrected chi connectivity index (χ4v) is 4.16. The van der Waals surface area contributed by atoms with Crippen molar-refractivity contribution in [2.75, 3.05) is 4.90 Å². The molecule has 1 amide bonds. The van der Waals surface area contributed by atoms with Crippen molar-refractivity contribution in [3.05, 3.63) is 96.8 Å². The van der Waals surface area contributed by atoms with Crippen LogP contribution in [0, 0.1) is 0 Å². The summed E-state index contributed by atoms with van der Waals surface area (Å²) < 4.78 is 5.72. The predicted octanol–water partition coefficient (Wildman–Crippen LogP) is 5.68. The van der Waals surface area contributed by atoms with Gasteiger partial charge in [-0.1, -0.05) is 48.5 Å². The average Bonchev–Trinajstić information content (AvgIpc) is 3.08. The predicted molar refractivity (Wildman–Crippen MR) is 123 cm³/mol. The van der Waals surface area contributed by atoms with Gasteiger partial charge in [0.25, 0.3) is 0 Å². The third kappa shape index (κ3) is 3.60. The lowest BCUT2D eigenvalue weighted by Crippen LogP contribution is -2.33. The van der Waals surface area contributed by atoms with Gasteiger partial charge in [0.1, 0.15) is 11.6 Å². The lowest BCUT2D eigenvalue weighted by molar-refractivity contribution is 0.0685. The highest BCUT2D eigenvalue weighted by molar-refractivity contribution is 5.92. The molecule has 1 atom stereocenters. The zero-order chi connectivity index (χ0) is 22.1. The third-order valence-electron chi connectivity index (χ3n) is 5.64. The van der Waals surface area contributed by atoms with Crippen LogP contribution < -0.4 is 4.90 Å². The minimum atomic E-state index is -0.653. The van der Waals surface area contributed by atoms with E-state index in [0.29, 0.717) is 0 Å². The minimum absolute atomic E-state index is 0.227. The Bertz CT molecular complexity index is 1240. The number of hydrogen-bond acceptors (Lipinski definition) is 5. The second-order valence-corrected chi connectivity index (χ2v) is 8.25. The van der Waals surface area contributed by atoms with Gasteiger partial charge in [0.05, 0.1) is 17.6 Å². The number of benzene rings is 2. The maximum atomic E-state index is 12.8. The zero-order valence-corrected chi connectivity index (χ0v) is 17.8. The summed E-state index contributed by atoms with van der Waals surface area (Å²) in [7, 11) is 0. The molecular weight excluding hydrogens is 400 g/mol. The van der Waals surface area contributed by atoms with E-state index in [1.807, 2.05) is 92.7 Å². The van der Waals surface area contributed by atoms with Crippen LogP contribution in [0.2, 0.25) is 0 Å². The number of carbonyl (C=O) groups is 1. The van der Waals surface area contributed by atoms with E-state index in [4.69, 9.17) is 4.74 Å². The minimum Gasteiger partial charge on any atom is -0.441 e. The smallest absolute Gasteiger partial charge is 0.415 e. The van der Waals surface area contributed by atoms with Crippen LogP contribution in [-0.2, 0) is 4.74 Å². The average molecular weight is 422 g/mol. The molecule has 0 N–H and O–H groups in total. The summed E-state index contributed by atoms with van der Waals surface area (Å²) >= 11 is 0. The normalized spacial score (nSPS) is 17.2. The molecule has 158 valence electrons. The molecule has 1 aliphatic rings. The van der Waals surface area contributed by atoms with E-state index in [1.165, 1.54) is 0 Å². The van der Waals surface area contributed by atoms with E-state index in [1.54, 1.807) is 17.3 Å². The standard InChI is InChI=1S/C26H22N4O2/c1-26(2)24(19-8-4-3-5-9-19)30(25(31)32-26)21-13-11-18(12-14-21)23-16-20(17-28-29-23)22-10-6-7-15-27-22/h3-17,24H,1-2H3/t24-/m0/s1. The molecule has 5 rings (SSSR count). The van der Waals surface area contributed by atoms with Gasteiger partial charge in [0, 0.05) is 23.0 Å². The van der Waals surface area contributed by atoms with Gasteiger partial charge in [-0.2, -0.15) is 10.2 Å². The number of ether oxygens (including phenoxy) is 1. The van der Waals surface area contributed by atoms with Gasteiger partial charge in [-0.15, -0.1) is 0 Å². The first kappa shape index (κ1) is 19.9. The number of rotatable bonds is 4. The number of cyclic esters (lactones) is 1. The highest BCUT2D eigenvalue weighted by atomic mass is 16.6. The SMILES string of the molecule is CC1(C)OC(=O)N(c2ccc(-c3cc(-c4ccccn4)cnn3)cc2)[C@H]1c1ccccc1. The van der Waals surface area contributed by atoms with Crippen molar-refractivity contribution in [2.45, 2.75) is 25.5 Å². The lowest BCUT2D eigenvalue weighted by atomic mass is 9.91. The first-order valence-corrected chi connectivity index (χ1v) is 10.4. The maximum absolute atomic E-state index is 12.8. The molecule has 0 saturated carbocycles. The van der Waals surface area contributed by atoms with E-state index in [9.17, 15) is 4.79 Å². The monoisotopic (exact) mass is 422 g/mol. The second-order valence-electron chi connectivity index (χ2n) is 8.25. The van der Waals surface area contributed by atoms with Crippen molar-refractivity contribution in [1.82, 2.24) is 15.2 Å². The Morgan fingerprint density at radius 3 is 2.34 bits per heavy atom. The van der Waals surface area contributed by atoms with Crippen LogP contribution in [0.1, 0.15) is 25.5 Å². The highest BCUT2D eigenvalue weighted by Crippen LogP contribution is 2.43. The summed E-state index contributed by atoms with van der Waals surface area (Å²) in [4.78, 5) is 18.9. The number of nitrogens with zero attached hydrogens (tertiary/aromatic N) is 4. The number of pyridine rings is 1. The molecule has 2 aromatic carbocycles. The number of carbonyl (C=O) groups excluding carboxylic acids is 1. The molecule has 0 spiro atoms. The van der Waals surface area contributed by atoms with Crippen molar-refractivity contribution in [1.29, 1.82) is 0 Å². The quantitative estimate of drug-likeness (QED) is 0.423. The summed E-state index contributed by atoms with van der Waals surface area (Å²) in [6.07, 6.45) is 3.10. The fraction of sp³-hybridized carbons (Fsp3) is 0.154. The molecular formula is C26H22N4O2. The van der Waals surface area contributed by atoms with E-state index >= 15 is 0 Å². The number of amides is 1. The Kier molecular flexibility index (Phi) is 4.90. The number of hydrogen-bond donors (Lipinski definition) is 0. The molecule has 0 unspecified atom stereocenters. The Labute approximate surface area is 186 Å². The Morgan fingerprint density at radius 1 is 0.875 bits per heavy atom. The molecule has 0 radical (unpaired) electrons. The van der Waals surface area contributed by atoms with Gasteiger partial charge in [-0.05, 0) is 49.7 Å². The largest absolute Gasteiger partial charge is 0.441 e. The van der Waals surface area contributed by atoms with E-state index in [0.717, 1.165) is 33.8 Å². The zero-order valence-electron chi connectivity index (χ0n) is 17.8. The van der Waals surface area contributed by atoms with E-state index < -0.39 is 5.60 Å².